The number of benzene rings is 1. The Hall–Kier alpha value is -2.67. The molecule has 22 heavy (non-hydrogen) atoms. The predicted octanol–water partition coefficient (Wildman–Crippen LogP) is 1.94. The summed E-state index contributed by atoms with van der Waals surface area (Å²) in [6.45, 7) is 1.85. The number of fused-ring (bicyclic) bond motifs is 1. The number of nitrogens with one attached hydrogen (secondary N) is 3. The average molecular weight is 314 g/mol. The molecule has 0 fully saturated rings. The van der Waals surface area contributed by atoms with Crippen LogP contribution in [-0.4, -0.2) is 21.8 Å². The van der Waals surface area contributed by atoms with Crippen molar-refractivity contribution in [3.05, 3.63) is 52.0 Å². The highest BCUT2D eigenvalue weighted by molar-refractivity contribution is 7.12. The third kappa shape index (κ3) is 2.99. The van der Waals surface area contributed by atoms with Gasteiger partial charge in [0, 0.05) is 0 Å². The minimum atomic E-state index is -0.332. The number of carbonyl (C=O) groups excluding carboxylic acids is 2. The van der Waals surface area contributed by atoms with Crippen molar-refractivity contribution in [2.45, 2.75) is 13.3 Å². The quantitative estimate of drug-likeness (QED) is 0.646. The summed E-state index contributed by atoms with van der Waals surface area (Å²) in [4.78, 5) is 31.7. The summed E-state index contributed by atoms with van der Waals surface area (Å²) in [6, 6.07) is 9.40. The first-order valence-corrected chi connectivity index (χ1v) is 7.58. The van der Waals surface area contributed by atoms with Crippen molar-refractivity contribution in [1.82, 2.24) is 20.8 Å². The Morgan fingerprint density at radius 1 is 1.23 bits per heavy atom. The first-order valence-electron chi connectivity index (χ1n) is 6.70. The maximum atomic E-state index is 11.9. The van der Waals surface area contributed by atoms with Crippen molar-refractivity contribution in [2.75, 3.05) is 0 Å². The van der Waals surface area contributed by atoms with Crippen LogP contribution in [0.4, 0.5) is 0 Å². The molecule has 0 aliphatic carbocycles. The summed E-state index contributed by atoms with van der Waals surface area (Å²) in [7, 11) is 0. The van der Waals surface area contributed by atoms with Gasteiger partial charge in [-0.1, -0.05) is 12.1 Å². The first kappa shape index (κ1) is 14.3. The maximum absolute atomic E-state index is 11.9. The van der Waals surface area contributed by atoms with E-state index < -0.39 is 0 Å². The molecule has 0 radical (unpaired) electrons. The molecule has 2 heterocycles. The number of thiophene rings is 1. The SMILES string of the molecule is Cc1ccsc1C(=O)NNC(=O)Cc1nc2ccccc2[nH]1. The molecule has 0 bridgehead atoms. The Morgan fingerprint density at radius 2 is 2.05 bits per heavy atom. The maximum Gasteiger partial charge on any atom is 0.280 e. The highest BCUT2D eigenvalue weighted by Crippen LogP contribution is 2.14. The minimum Gasteiger partial charge on any atom is -0.342 e. The van der Waals surface area contributed by atoms with Crippen LogP contribution in [0.15, 0.2) is 35.7 Å². The molecular weight excluding hydrogens is 300 g/mol. The lowest BCUT2D eigenvalue weighted by Crippen LogP contribution is -2.42. The summed E-state index contributed by atoms with van der Waals surface area (Å²) in [6.07, 6.45) is 0.0678. The van der Waals surface area contributed by atoms with Crippen molar-refractivity contribution in [1.29, 1.82) is 0 Å². The number of imidazole rings is 1. The summed E-state index contributed by atoms with van der Waals surface area (Å²) in [5, 5.41) is 1.83. The Labute approximate surface area is 130 Å². The molecule has 0 saturated heterocycles. The van der Waals surface area contributed by atoms with Gasteiger partial charge in [-0.05, 0) is 36.1 Å². The van der Waals surface area contributed by atoms with Crippen LogP contribution < -0.4 is 10.9 Å². The van der Waals surface area contributed by atoms with E-state index in [1.54, 1.807) is 0 Å². The largest absolute Gasteiger partial charge is 0.342 e. The highest BCUT2D eigenvalue weighted by atomic mass is 32.1. The van der Waals surface area contributed by atoms with E-state index in [9.17, 15) is 9.59 Å². The Kier molecular flexibility index (Phi) is 3.88. The van der Waals surface area contributed by atoms with Crippen LogP contribution >= 0.6 is 11.3 Å². The normalized spacial score (nSPS) is 10.6. The average Bonchev–Trinajstić information content (AvgIpc) is 3.10. The summed E-state index contributed by atoms with van der Waals surface area (Å²) in [5.74, 6) is -0.0904. The fourth-order valence-corrected chi connectivity index (χ4v) is 2.89. The van der Waals surface area contributed by atoms with Crippen molar-refractivity contribution in [2.24, 2.45) is 0 Å². The second-order valence-corrected chi connectivity index (χ2v) is 5.73. The van der Waals surface area contributed by atoms with Gasteiger partial charge < -0.3 is 4.98 Å². The molecule has 3 rings (SSSR count). The fourth-order valence-electron chi connectivity index (χ4n) is 2.07. The van der Waals surface area contributed by atoms with Gasteiger partial charge in [0.1, 0.15) is 5.82 Å². The van der Waals surface area contributed by atoms with E-state index in [-0.39, 0.29) is 18.2 Å². The molecule has 112 valence electrons. The van der Waals surface area contributed by atoms with Gasteiger partial charge in [-0.2, -0.15) is 0 Å². The van der Waals surface area contributed by atoms with Crippen LogP contribution in [0.2, 0.25) is 0 Å². The van der Waals surface area contributed by atoms with Gasteiger partial charge in [-0.25, -0.2) is 4.98 Å². The van der Waals surface area contributed by atoms with Crippen LogP contribution in [0.25, 0.3) is 11.0 Å². The van der Waals surface area contributed by atoms with Crippen LogP contribution in [0, 0.1) is 6.92 Å². The number of aromatic nitrogens is 2. The van der Waals surface area contributed by atoms with E-state index in [1.165, 1.54) is 11.3 Å². The number of para-hydroxylation sites is 2. The summed E-state index contributed by atoms with van der Waals surface area (Å²) < 4.78 is 0. The number of rotatable bonds is 3. The van der Waals surface area contributed by atoms with E-state index in [0.717, 1.165) is 16.6 Å². The number of hydrogen-bond donors (Lipinski definition) is 3. The molecule has 1 aromatic carbocycles. The second kappa shape index (κ2) is 5.98. The van der Waals surface area contributed by atoms with Crippen LogP contribution in [-0.2, 0) is 11.2 Å². The van der Waals surface area contributed by atoms with Gasteiger partial charge >= 0.3 is 0 Å². The lowest BCUT2D eigenvalue weighted by Gasteiger charge is -2.05. The lowest BCUT2D eigenvalue weighted by atomic mass is 10.3. The third-order valence-electron chi connectivity index (χ3n) is 3.15. The summed E-state index contributed by atoms with van der Waals surface area (Å²) in [5.41, 5.74) is 7.38. The predicted molar refractivity (Wildman–Crippen MR) is 84.5 cm³/mol. The van der Waals surface area contributed by atoms with Gasteiger partial charge in [-0.3, -0.25) is 20.4 Å². The smallest absolute Gasteiger partial charge is 0.280 e. The second-order valence-electron chi connectivity index (χ2n) is 4.81. The van der Waals surface area contributed by atoms with Crippen LogP contribution in [0.3, 0.4) is 0 Å². The van der Waals surface area contributed by atoms with Gasteiger partial charge in [0.15, 0.2) is 0 Å². The van der Waals surface area contributed by atoms with Crippen LogP contribution in [0.5, 0.6) is 0 Å². The van der Waals surface area contributed by atoms with E-state index in [1.807, 2.05) is 42.6 Å². The number of H-pyrrole nitrogens is 1. The lowest BCUT2D eigenvalue weighted by molar-refractivity contribution is -0.121. The Morgan fingerprint density at radius 3 is 2.77 bits per heavy atom. The van der Waals surface area contributed by atoms with Crippen molar-refractivity contribution >= 4 is 34.2 Å². The molecule has 2 amide bonds. The van der Waals surface area contributed by atoms with Crippen molar-refractivity contribution in [3.63, 3.8) is 0 Å². The molecule has 6 nitrogen and oxygen atoms in total. The van der Waals surface area contributed by atoms with E-state index in [2.05, 4.69) is 20.8 Å². The van der Waals surface area contributed by atoms with Gasteiger partial charge in [0.25, 0.3) is 5.91 Å². The molecule has 0 aliphatic rings. The number of hydrogen-bond acceptors (Lipinski definition) is 4. The zero-order chi connectivity index (χ0) is 15.5. The van der Waals surface area contributed by atoms with Gasteiger partial charge in [0.05, 0.1) is 22.3 Å². The fraction of sp³-hybridized carbons (Fsp3) is 0.133. The molecule has 3 aromatic rings. The zero-order valence-corrected chi connectivity index (χ0v) is 12.7. The topological polar surface area (TPSA) is 86.9 Å². The van der Waals surface area contributed by atoms with Gasteiger partial charge in [0.2, 0.25) is 5.91 Å². The van der Waals surface area contributed by atoms with E-state index >= 15 is 0 Å². The number of amides is 2. The van der Waals surface area contributed by atoms with Crippen molar-refractivity contribution < 1.29 is 9.59 Å². The molecular formula is C15H14N4O2S. The molecule has 7 heteroatoms. The van der Waals surface area contributed by atoms with Crippen LogP contribution in [0.1, 0.15) is 21.1 Å². The molecule has 0 spiro atoms. The number of nitrogens with zero attached hydrogens (tertiary/aromatic N) is 1. The standard InChI is InChI=1S/C15H14N4O2S/c1-9-6-7-22-14(9)15(21)19-18-13(20)8-12-16-10-4-2-3-5-11(10)17-12/h2-7H,8H2,1H3,(H,16,17)(H,18,20)(H,19,21). The third-order valence-corrected chi connectivity index (χ3v) is 4.17. The van der Waals surface area contributed by atoms with Gasteiger partial charge in [-0.15, -0.1) is 11.3 Å². The molecule has 0 saturated carbocycles. The highest BCUT2D eigenvalue weighted by Gasteiger charge is 2.12. The monoisotopic (exact) mass is 314 g/mol. The molecule has 0 atom stereocenters. The molecule has 0 unspecified atom stereocenters. The Bertz CT molecular complexity index is 804. The number of aryl methyl sites for hydroxylation is 1. The molecule has 2 aromatic heterocycles. The van der Waals surface area contributed by atoms with Crippen molar-refractivity contribution in [3.8, 4) is 0 Å². The van der Waals surface area contributed by atoms with E-state index in [0.29, 0.717) is 10.7 Å². The molecule has 0 aliphatic heterocycles. The number of aromatic amines is 1. The first-order chi connectivity index (χ1) is 10.6. The molecule has 3 N–H and O–H groups in total. The summed E-state index contributed by atoms with van der Waals surface area (Å²) >= 11 is 1.33. The number of carbonyl (C=O) groups is 2. The number of hydrazine groups is 1. The Balaban J connectivity index is 1.58. The minimum absolute atomic E-state index is 0.0678. The van der Waals surface area contributed by atoms with E-state index in [4.69, 9.17) is 0 Å². The zero-order valence-electron chi connectivity index (χ0n) is 11.8.